The van der Waals surface area contributed by atoms with Gasteiger partial charge in [-0.15, -0.1) is 0 Å². The first-order chi connectivity index (χ1) is 9.52. The van der Waals surface area contributed by atoms with Gasteiger partial charge in [0.05, 0.1) is 12.6 Å². The number of carboxylic acids is 1. The van der Waals surface area contributed by atoms with Gasteiger partial charge in [-0.25, -0.2) is 9.59 Å². The Labute approximate surface area is 117 Å². The Morgan fingerprint density at radius 1 is 1.35 bits per heavy atom. The molecule has 2 atom stereocenters. The molecule has 108 valence electrons. The molecule has 2 amide bonds. The molecule has 0 spiro atoms. The largest absolute Gasteiger partial charge is 0.479 e. The summed E-state index contributed by atoms with van der Waals surface area (Å²) >= 11 is 0. The van der Waals surface area contributed by atoms with E-state index in [1.807, 2.05) is 0 Å². The van der Waals surface area contributed by atoms with E-state index in [9.17, 15) is 14.7 Å². The molecule has 0 radical (unpaired) electrons. The van der Waals surface area contributed by atoms with Crippen LogP contribution in [0.2, 0.25) is 0 Å². The van der Waals surface area contributed by atoms with Crippen molar-refractivity contribution < 1.29 is 19.4 Å². The lowest BCUT2D eigenvalue weighted by Gasteiger charge is -2.27. The molecule has 1 aromatic rings. The molecule has 1 aliphatic rings. The molecule has 6 nitrogen and oxygen atoms in total. The molecule has 0 bridgehead atoms. The SMILES string of the molecule is CC(NC(=O)NC1CCOC1)(C(=O)O)c1ccccc1. The number of hydrogen-bond acceptors (Lipinski definition) is 3. The van der Waals surface area contributed by atoms with Gasteiger partial charge in [0, 0.05) is 6.61 Å². The molecule has 1 aromatic carbocycles. The van der Waals surface area contributed by atoms with Crippen molar-refractivity contribution in [2.45, 2.75) is 24.9 Å². The van der Waals surface area contributed by atoms with E-state index < -0.39 is 17.5 Å². The summed E-state index contributed by atoms with van der Waals surface area (Å²) in [7, 11) is 0. The zero-order chi connectivity index (χ0) is 14.6. The molecular formula is C14H18N2O4. The van der Waals surface area contributed by atoms with Gasteiger partial charge in [0.2, 0.25) is 0 Å². The minimum absolute atomic E-state index is 0.0659. The van der Waals surface area contributed by atoms with Crippen LogP contribution >= 0.6 is 0 Å². The van der Waals surface area contributed by atoms with Crippen molar-refractivity contribution in [1.29, 1.82) is 0 Å². The summed E-state index contributed by atoms with van der Waals surface area (Å²) in [5, 5.41) is 14.7. The lowest BCUT2D eigenvalue weighted by atomic mass is 9.92. The van der Waals surface area contributed by atoms with Crippen LogP contribution in [0.15, 0.2) is 30.3 Å². The highest BCUT2D eigenvalue weighted by Gasteiger charge is 2.37. The maximum Gasteiger partial charge on any atom is 0.333 e. The summed E-state index contributed by atoms with van der Waals surface area (Å²) in [4.78, 5) is 23.5. The number of benzene rings is 1. The van der Waals surface area contributed by atoms with Crippen LogP contribution < -0.4 is 10.6 Å². The lowest BCUT2D eigenvalue weighted by molar-refractivity contribution is -0.144. The highest BCUT2D eigenvalue weighted by molar-refractivity contribution is 5.87. The maximum absolute atomic E-state index is 12.0. The molecule has 3 N–H and O–H groups in total. The second-order valence-electron chi connectivity index (χ2n) is 4.96. The number of nitrogens with one attached hydrogen (secondary N) is 2. The third-order valence-corrected chi connectivity index (χ3v) is 3.41. The first-order valence-electron chi connectivity index (χ1n) is 6.48. The van der Waals surface area contributed by atoms with Gasteiger partial charge in [-0.2, -0.15) is 0 Å². The van der Waals surface area contributed by atoms with E-state index in [2.05, 4.69) is 10.6 Å². The highest BCUT2D eigenvalue weighted by atomic mass is 16.5. The Kier molecular flexibility index (Phi) is 4.24. The predicted octanol–water partition coefficient (Wildman–Crippen LogP) is 1.07. The summed E-state index contributed by atoms with van der Waals surface area (Å²) in [5.74, 6) is -1.11. The van der Waals surface area contributed by atoms with Crippen LogP contribution in [-0.2, 0) is 15.1 Å². The van der Waals surface area contributed by atoms with Crippen LogP contribution in [0.1, 0.15) is 18.9 Å². The van der Waals surface area contributed by atoms with Crippen LogP contribution in [0.5, 0.6) is 0 Å². The minimum Gasteiger partial charge on any atom is -0.479 e. The number of urea groups is 1. The fraction of sp³-hybridized carbons (Fsp3) is 0.429. The average Bonchev–Trinajstić information content (AvgIpc) is 2.92. The Balaban J connectivity index is 2.09. The van der Waals surface area contributed by atoms with Crippen LogP contribution in [-0.4, -0.2) is 36.4 Å². The summed E-state index contributed by atoms with van der Waals surface area (Å²) < 4.78 is 5.16. The first kappa shape index (κ1) is 14.3. The summed E-state index contributed by atoms with van der Waals surface area (Å²) in [6.45, 7) is 2.54. The molecule has 1 aliphatic heterocycles. The second kappa shape index (κ2) is 5.92. The molecule has 0 aliphatic carbocycles. The third kappa shape index (κ3) is 3.08. The van der Waals surface area contributed by atoms with Crippen molar-refractivity contribution in [2.75, 3.05) is 13.2 Å². The smallest absolute Gasteiger partial charge is 0.333 e. The number of rotatable bonds is 4. The van der Waals surface area contributed by atoms with E-state index in [1.54, 1.807) is 30.3 Å². The number of amides is 2. The van der Waals surface area contributed by atoms with Gasteiger partial charge in [0.15, 0.2) is 5.54 Å². The highest BCUT2D eigenvalue weighted by Crippen LogP contribution is 2.20. The topological polar surface area (TPSA) is 87.7 Å². The van der Waals surface area contributed by atoms with Gasteiger partial charge in [0.25, 0.3) is 0 Å². The first-order valence-corrected chi connectivity index (χ1v) is 6.48. The van der Waals surface area contributed by atoms with E-state index in [0.717, 1.165) is 6.42 Å². The van der Waals surface area contributed by atoms with Gasteiger partial charge < -0.3 is 20.5 Å². The molecule has 2 unspecified atom stereocenters. The number of ether oxygens (including phenoxy) is 1. The maximum atomic E-state index is 12.0. The van der Waals surface area contributed by atoms with Gasteiger partial charge in [-0.3, -0.25) is 0 Å². The summed E-state index contributed by atoms with van der Waals surface area (Å²) in [6.07, 6.45) is 0.739. The number of carbonyl (C=O) groups excluding carboxylic acids is 1. The molecule has 1 heterocycles. The lowest BCUT2D eigenvalue weighted by Crippen LogP contribution is -2.54. The molecule has 0 aromatic heterocycles. The fourth-order valence-electron chi connectivity index (χ4n) is 2.12. The normalized spacial score (nSPS) is 20.9. The van der Waals surface area contributed by atoms with Gasteiger partial charge >= 0.3 is 12.0 Å². The van der Waals surface area contributed by atoms with Gasteiger partial charge in [-0.1, -0.05) is 30.3 Å². The van der Waals surface area contributed by atoms with Gasteiger partial charge in [-0.05, 0) is 18.9 Å². The number of carboxylic acid groups (broad SMARTS) is 1. The Bertz CT molecular complexity index is 485. The van der Waals surface area contributed by atoms with Crippen molar-refractivity contribution in [3.05, 3.63) is 35.9 Å². The summed E-state index contributed by atoms with van der Waals surface area (Å²) in [6, 6.07) is 8.04. The van der Waals surface area contributed by atoms with Crippen molar-refractivity contribution in [3.63, 3.8) is 0 Å². The molecule has 2 rings (SSSR count). The van der Waals surface area contributed by atoms with Crippen LogP contribution in [0.4, 0.5) is 4.79 Å². The predicted molar refractivity (Wildman–Crippen MR) is 72.3 cm³/mol. The molecule has 20 heavy (non-hydrogen) atoms. The quantitative estimate of drug-likeness (QED) is 0.769. The van der Waals surface area contributed by atoms with Crippen LogP contribution in [0, 0.1) is 0 Å². The molecular weight excluding hydrogens is 260 g/mol. The number of hydrogen-bond donors (Lipinski definition) is 3. The Hall–Kier alpha value is -2.08. The third-order valence-electron chi connectivity index (χ3n) is 3.41. The van der Waals surface area contributed by atoms with E-state index >= 15 is 0 Å². The van der Waals surface area contributed by atoms with Crippen molar-refractivity contribution in [3.8, 4) is 0 Å². The van der Waals surface area contributed by atoms with Crippen molar-refractivity contribution in [2.24, 2.45) is 0 Å². The average molecular weight is 278 g/mol. The van der Waals surface area contributed by atoms with E-state index in [-0.39, 0.29) is 6.04 Å². The standard InChI is InChI=1S/C14H18N2O4/c1-14(12(17)18,10-5-3-2-4-6-10)16-13(19)15-11-7-8-20-9-11/h2-6,11H,7-9H2,1H3,(H,17,18)(H2,15,16,19). The minimum atomic E-state index is -1.47. The molecule has 6 heteroatoms. The van der Waals surface area contributed by atoms with Crippen LogP contribution in [0.3, 0.4) is 0 Å². The zero-order valence-corrected chi connectivity index (χ0v) is 11.3. The van der Waals surface area contributed by atoms with Gasteiger partial charge in [0.1, 0.15) is 0 Å². The zero-order valence-electron chi connectivity index (χ0n) is 11.3. The molecule has 1 fully saturated rings. The van der Waals surface area contributed by atoms with E-state index in [0.29, 0.717) is 18.8 Å². The molecule has 1 saturated heterocycles. The van der Waals surface area contributed by atoms with Crippen molar-refractivity contribution >= 4 is 12.0 Å². The number of carbonyl (C=O) groups is 2. The monoisotopic (exact) mass is 278 g/mol. The van der Waals surface area contributed by atoms with E-state index in [1.165, 1.54) is 6.92 Å². The summed E-state index contributed by atoms with van der Waals surface area (Å²) in [5.41, 5.74) is -0.949. The van der Waals surface area contributed by atoms with Crippen molar-refractivity contribution in [1.82, 2.24) is 10.6 Å². The molecule has 0 saturated carbocycles. The fourth-order valence-corrected chi connectivity index (χ4v) is 2.12. The van der Waals surface area contributed by atoms with E-state index in [4.69, 9.17) is 4.74 Å². The number of aliphatic carboxylic acids is 1. The van der Waals surface area contributed by atoms with Crippen LogP contribution in [0.25, 0.3) is 0 Å². The Morgan fingerprint density at radius 3 is 2.60 bits per heavy atom. The Morgan fingerprint density at radius 2 is 2.05 bits per heavy atom. The second-order valence-corrected chi connectivity index (χ2v) is 4.96.